The molecule has 0 aliphatic rings. The van der Waals surface area contributed by atoms with Crippen molar-refractivity contribution >= 4 is 37.5 Å². The lowest BCUT2D eigenvalue weighted by atomic mass is 9.91. The van der Waals surface area contributed by atoms with Gasteiger partial charge in [0, 0.05) is 60.8 Å². The van der Waals surface area contributed by atoms with E-state index in [2.05, 4.69) is 177 Å². The molecule has 3 heterocycles. The number of rotatable bonds is 5. The van der Waals surface area contributed by atoms with Crippen molar-refractivity contribution in [2.45, 2.75) is 33.1 Å². The van der Waals surface area contributed by atoms with Crippen LogP contribution in [0, 0.1) is 0 Å². The van der Waals surface area contributed by atoms with E-state index >= 15 is 0 Å². The van der Waals surface area contributed by atoms with Gasteiger partial charge >= 0.3 is 0 Å². The summed E-state index contributed by atoms with van der Waals surface area (Å²) in [5.74, 6) is 0.524. The number of benzene rings is 4. The van der Waals surface area contributed by atoms with Crippen LogP contribution in [-0.2, 0) is 14.1 Å². The predicted octanol–water partition coefficient (Wildman–Crippen LogP) is 10.9. The van der Waals surface area contributed by atoms with Crippen molar-refractivity contribution in [3.63, 3.8) is 0 Å². The van der Waals surface area contributed by atoms with Gasteiger partial charge in [0.1, 0.15) is 6.33 Å². The largest absolute Gasteiger partial charge is 0.340 e. The number of fused-ring (bicyclic) bond motifs is 2. The van der Waals surface area contributed by atoms with Crippen molar-refractivity contribution in [1.29, 1.82) is 0 Å². The standard InChI is InChI=1S/C20H18N4.C16H15BrN2.C7H4.CH4/c1-14(20-11-24(2)13-23-20)18-5-3-4-15-6-7-16(8-19(15)18)17-9-21-12-22-10-17;1-11(16-9-19(2)10-18-16)14-5-3-4-12-6-7-13(17)8-15(12)14;1-3-5-7-6-4-2;/h3-14H,1-2H3;3-11H,1-2H3;1-2H2;1H4. The molecule has 0 spiro atoms. The van der Waals surface area contributed by atoms with Gasteiger partial charge in [-0.3, -0.25) is 0 Å². The fourth-order valence-corrected chi connectivity index (χ4v) is 6.06. The summed E-state index contributed by atoms with van der Waals surface area (Å²) in [5, 5.41) is 5.03. The number of aromatic nitrogens is 6. The Labute approximate surface area is 309 Å². The average Bonchev–Trinajstić information content (AvgIpc) is 3.79. The molecule has 0 N–H and O–H groups in total. The second-order valence-corrected chi connectivity index (χ2v) is 12.6. The van der Waals surface area contributed by atoms with Crippen molar-refractivity contribution in [1.82, 2.24) is 29.1 Å². The molecule has 0 radical (unpaired) electrons. The van der Waals surface area contributed by atoms with Gasteiger partial charge in [0.05, 0.1) is 24.0 Å². The van der Waals surface area contributed by atoms with Crippen molar-refractivity contribution < 1.29 is 0 Å². The molecule has 6 nitrogen and oxygen atoms in total. The molecule has 0 aliphatic carbocycles. The monoisotopic (exact) mass is 732 g/mol. The Kier molecular flexibility index (Phi) is 13.5. The highest BCUT2D eigenvalue weighted by Gasteiger charge is 2.15. The molecule has 0 amide bonds. The minimum Gasteiger partial charge on any atom is -0.340 e. The van der Waals surface area contributed by atoms with Crippen LogP contribution in [-0.4, -0.2) is 29.1 Å². The number of hydrogen-bond donors (Lipinski definition) is 0. The average molecular weight is 734 g/mol. The zero-order chi connectivity index (χ0) is 35.5. The SMILES string of the molecule is C.C=C=C=C=C=C=C.CC(c1cn(C)cn1)c1cccc2ccc(-c3cncnc3)cc12.CC(c1cn(C)cn1)c1cccc2ccc(Br)cc12. The maximum atomic E-state index is 4.52. The van der Waals surface area contributed by atoms with Crippen LogP contribution in [0.4, 0.5) is 0 Å². The summed E-state index contributed by atoms with van der Waals surface area (Å²) in [7, 11) is 4.00. The van der Waals surface area contributed by atoms with Crippen LogP contribution in [0.25, 0.3) is 32.7 Å². The quantitative estimate of drug-likeness (QED) is 0.165. The van der Waals surface area contributed by atoms with Gasteiger partial charge in [-0.1, -0.05) is 103 Å². The Bertz CT molecular complexity index is 2400. The highest BCUT2D eigenvalue weighted by Crippen LogP contribution is 2.33. The predicted molar refractivity (Wildman–Crippen MR) is 214 cm³/mol. The van der Waals surface area contributed by atoms with Gasteiger partial charge < -0.3 is 9.13 Å². The van der Waals surface area contributed by atoms with Crippen LogP contribution >= 0.6 is 15.9 Å². The van der Waals surface area contributed by atoms with Crippen molar-refractivity contribution in [2.24, 2.45) is 14.1 Å². The zero-order valence-electron chi connectivity index (χ0n) is 28.6. The Balaban J connectivity index is 0.000000194. The Morgan fingerprint density at radius 2 is 1.16 bits per heavy atom. The van der Waals surface area contributed by atoms with Crippen LogP contribution < -0.4 is 0 Å². The van der Waals surface area contributed by atoms with E-state index < -0.39 is 0 Å². The second-order valence-electron chi connectivity index (χ2n) is 11.7. The van der Waals surface area contributed by atoms with Gasteiger partial charge in [0.25, 0.3) is 0 Å². The minimum absolute atomic E-state index is 0. The summed E-state index contributed by atoms with van der Waals surface area (Å²) in [6, 6.07) is 25.8. The first-order chi connectivity index (χ1) is 24.3. The third kappa shape index (κ3) is 9.59. The van der Waals surface area contributed by atoms with E-state index in [4.69, 9.17) is 0 Å². The lowest BCUT2D eigenvalue weighted by Gasteiger charge is -2.14. The molecule has 0 bridgehead atoms. The van der Waals surface area contributed by atoms with E-state index in [1.807, 2.05) is 48.3 Å². The Morgan fingerprint density at radius 1 is 0.647 bits per heavy atom. The van der Waals surface area contributed by atoms with Gasteiger partial charge in [-0.25, -0.2) is 19.9 Å². The molecule has 7 heteroatoms. The Hall–Kier alpha value is -5.98. The fourth-order valence-electron chi connectivity index (χ4n) is 5.70. The molecule has 2 unspecified atom stereocenters. The summed E-state index contributed by atoms with van der Waals surface area (Å²) >= 11 is 3.56. The summed E-state index contributed by atoms with van der Waals surface area (Å²) in [4.78, 5) is 17.2. The van der Waals surface area contributed by atoms with E-state index in [9.17, 15) is 0 Å². The summed E-state index contributed by atoms with van der Waals surface area (Å²) in [6.45, 7) is 10.9. The Morgan fingerprint density at radius 3 is 1.65 bits per heavy atom. The molecular formula is C44H41BrN6. The van der Waals surface area contributed by atoms with E-state index in [0.717, 1.165) is 27.0 Å². The number of nitrogens with zero attached hydrogens (tertiary/aromatic N) is 6. The molecule has 254 valence electrons. The lowest BCUT2D eigenvalue weighted by Crippen LogP contribution is -1.98. The van der Waals surface area contributed by atoms with Crippen molar-refractivity contribution in [3.05, 3.63) is 185 Å². The highest BCUT2D eigenvalue weighted by molar-refractivity contribution is 9.10. The van der Waals surface area contributed by atoms with E-state index in [1.54, 1.807) is 6.33 Å². The fraction of sp³-hybridized carbons (Fsp3) is 0.159. The molecule has 4 aromatic carbocycles. The molecular weight excluding hydrogens is 692 g/mol. The first-order valence-electron chi connectivity index (χ1n) is 16.0. The molecule has 3 aromatic heterocycles. The molecule has 7 rings (SSSR count). The smallest absolute Gasteiger partial charge is 0.115 e. The number of hydrogen-bond acceptors (Lipinski definition) is 4. The zero-order valence-corrected chi connectivity index (χ0v) is 30.2. The van der Waals surface area contributed by atoms with E-state index in [0.29, 0.717) is 5.92 Å². The van der Waals surface area contributed by atoms with Crippen LogP contribution in [0.2, 0.25) is 0 Å². The normalized spacial score (nSPS) is 11.1. The lowest BCUT2D eigenvalue weighted by molar-refractivity contribution is 0.883. The van der Waals surface area contributed by atoms with Gasteiger partial charge in [-0.15, -0.1) is 0 Å². The second kappa shape index (κ2) is 18.1. The molecule has 0 saturated heterocycles. The summed E-state index contributed by atoms with van der Waals surface area (Å²) in [6.07, 6.45) is 13.1. The molecule has 0 fully saturated rings. The summed E-state index contributed by atoms with van der Waals surface area (Å²) in [5.41, 5.74) is 19.0. The first-order valence-corrected chi connectivity index (χ1v) is 16.8. The maximum absolute atomic E-state index is 4.52. The van der Waals surface area contributed by atoms with E-state index in [1.165, 1.54) is 32.7 Å². The van der Waals surface area contributed by atoms with Crippen LogP contribution in [0.3, 0.4) is 0 Å². The molecule has 7 aromatic rings. The van der Waals surface area contributed by atoms with Gasteiger partial charge in [0.15, 0.2) is 0 Å². The molecule has 0 saturated carbocycles. The van der Waals surface area contributed by atoms with Gasteiger partial charge in [-0.05, 0) is 86.8 Å². The third-order valence-electron chi connectivity index (χ3n) is 8.26. The minimum atomic E-state index is 0. The number of aryl methyl sites for hydroxylation is 2. The molecule has 2 atom stereocenters. The topological polar surface area (TPSA) is 61.4 Å². The van der Waals surface area contributed by atoms with Gasteiger partial charge in [-0.2, -0.15) is 0 Å². The van der Waals surface area contributed by atoms with E-state index in [-0.39, 0.29) is 13.3 Å². The first kappa shape index (κ1) is 37.8. The van der Waals surface area contributed by atoms with Crippen molar-refractivity contribution in [2.75, 3.05) is 0 Å². The maximum Gasteiger partial charge on any atom is 0.115 e. The third-order valence-corrected chi connectivity index (χ3v) is 8.75. The molecule has 0 aliphatic heterocycles. The van der Waals surface area contributed by atoms with Crippen LogP contribution in [0.5, 0.6) is 0 Å². The van der Waals surface area contributed by atoms with Crippen LogP contribution in [0.15, 0.2) is 163 Å². The van der Waals surface area contributed by atoms with Gasteiger partial charge in [0.2, 0.25) is 0 Å². The number of halogens is 1. The van der Waals surface area contributed by atoms with Crippen LogP contribution in [0.1, 0.15) is 55.6 Å². The number of imidazole rings is 2. The molecule has 51 heavy (non-hydrogen) atoms. The highest BCUT2D eigenvalue weighted by atomic mass is 79.9. The van der Waals surface area contributed by atoms with Crippen molar-refractivity contribution in [3.8, 4) is 11.1 Å². The summed E-state index contributed by atoms with van der Waals surface area (Å²) < 4.78 is 5.09.